The van der Waals surface area contributed by atoms with Crippen molar-refractivity contribution in [3.05, 3.63) is 63.9 Å². The molecule has 1 spiro atoms. The van der Waals surface area contributed by atoms with Crippen LogP contribution in [0.15, 0.2) is 41.3 Å². The lowest BCUT2D eigenvalue weighted by molar-refractivity contribution is 0.0827. The normalized spacial score (nSPS) is 30.4. The summed E-state index contributed by atoms with van der Waals surface area (Å²) in [6.07, 6.45) is 6.60. The maximum Gasteiger partial charge on any atom is 0.257 e. The second-order valence-corrected chi connectivity index (χ2v) is 14.3. The molecule has 204 valence electrons. The number of nitrogens with zero attached hydrogens (tertiary/aromatic N) is 3. The summed E-state index contributed by atoms with van der Waals surface area (Å²) < 4.78 is 54.1. The summed E-state index contributed by atoms with van der Waals surface area (Å²) in [5, 5.41) is 3.21. The molecule has 3 saturated carbocycles. The molecule has 1 N–H and O–H groups in total. The maximum absolute atomic E-state index is 15.0. The summed E-state index contributed by atoms with van der Waals surface area (Å²) in [5.74, 6) is -0.821. The molecule has 0 radical (unpaired) electrons. The van der Waals surface area contributed by atoms with Crippen LogP contribution >= 0.6 is 0 Å². The predicted octanol–water partition coefficient (Wildman–Crippen LogP) is 3.55. The molecule has 2 bridgehead atoms. The number of anilines is 1. The van der Waals surface area contributed by atoms with Gasteiger partial charge in [-0.05, 0) is 80.5 Å². The quantitative estimate of drug-likeness (QED) is 0.530. The first-order valence-corrected chi connectivity index (χ1v) is 15.1. The van der Waals surface area contributed by atoms with Crippen LogP contribution < -0.4 is 15.6 Å². The molecule has 1 saturated heterocycles. The third kappa shape index (κ3) is 4.04. The lowest BCUT2D eigenvalue weighted by Crippen LogP contribution is -2.51. The molecule has 4 atom stereocenters. The SMILES string of the molecule is CC1(NC(=O)c2cn(-c3ccc(F)cc3F)c3nc(N4CCS(=O)(=O)C4)ccc3c2=O)CC2CC3CC3(C2)C1. The number of nitrogens with one attached hydrogen (secondary N) is 1. The Balaban J connectivity index is 1.33. The Hall–Kier alpha value is -3.34. The van der Waals surface area contributed by atoms with Crippen LogP contribution in [0.1, 0.15) is 49.4 Å². The van der Waals surface area contributed by atoms with E-state index in [-0.39, 0.29) is 40.5 Å². The number of fused-ring (bicyclic) bond motifs is 2. The van der Waals surface area contributed by atoms with Gasteiger partial charge in [-0.15, -0.1) is 0 Å². The first-order valence-electron chi connectivity index (χ1n) is 13.2. The minimum atomic E-state index is -3.26. The fraction of sp³-hybridized carbons (Fsp3) is 0.464. The van der Waals surface area contributed by atoms with Gasteiger partial charge in [-0.2, -0.15) is 0 Å². The smallest absolute Gasteiger partial charge is 0.257 e. The standard InChI is InChI=1S/C28H28F2N4O4S/c1-27(10-16-8-17-12-28(17,11-16)14-27)32-26(36)20-13-34(22-4-2-18(29)9-21(22)30)25-19(24(20)35)3-5-23(31-25)33-6-7-39(37,38)15-33/h2-5,9,13,16-17H,6-8,10-12,14-15H2,1H3,(H,32,36). The van der Waals surface area contributed by atoms with Crippen LogP contribution in [-0.4, -0.2) is 47.6 Å². The number of rotatable bonds is 4. The van der Waals surface area contributed by atoms with E-state index in [0.717, 1.165) is 30.9 Å². The Kier molecular flexibility index (Phi) is 5.12. The summed E-state index contributed by atoms with van der Waals surface area (Å²) >= 11 is 0. The minimum Gasteiger partial charge on any atom is -0.347 e. The summed E-state index contributed by atoms with van der Waals surface area (Å²) in [6, 6.07) is 6.04. The number of sulfone groups is 1. The van der Waals surface area contributed by atoms with Crippen molar-refractivity contribution in [2.45, 2.75) is 44.6 Å². The van der Waals surface area contributed by atoms with E-state index < -0.39 is 38.3 Å². The molecule has 39 heavy (non-hydrogen) atoms. The van der Waals surface area contributed by atoms with Crippen molar-refractivity contribution in [3.63, 3.8) is 0 Å². The predicted molar refractivity (Wildman–Crippen MR) is 142 cm³/mol. The van der Waals surface area contributed by atoms with Gasteiger partial charge in [0.25, 0.3) is 5.91 Å². The Morgan fingerprint density at radius 3 is 2.69 bits per heavy atom. The van der Waals surface area contributed by atoms with Crippen molar-refractivity contribution in [1.29, 1.82) is 0 Å². The number of carbonyl (C=O) groups is 1. The molecule has 1 amide bonds. The number of carbonyl (C=O) groups excluding carboxylic acids is 1. The first-order chi connectivity index (χ1) is 18.4. The zero-order valence-electron chi connectivity index (χ0n) is 21.4. The van der Waals surface area contributed by atoms with Crippen LogP contribution in [0.5, 0.6) is 0 Å². The van der Waals surface area contributed by atoms with Gasteiger partial charge < -0.3 is 10.2 Å². The van der Waals surface area contributed by atoms with E-state index in [1.807, 2.05) is 6.92 Å². The Morgan fingerprint density at radius 2 is 1.97 bits per heavy atom. The molecule has 3 aromatic rings. The van der Waals surface area contributed by atoms with E-state index in [9.17, 15) is 22.4 Å². The molecule has 4 aliphatic rings. The molecule has 4 fully saturated rings. The number of aromatic nitrogens is 2. The Labute approximate surface area is 223 Å². The van der Waals surface area contributed by atoms with Crippen LogP contribution in [0.25, 0.3) is 16.7 Å². The van der Waals surface area contributed by atoms with Gasteiger partial charge in [0.2, 0.25) is 5.43 Å². The molecule has 1 aliphatic heterocycles. The number of hydrogen-bond acceptors (Lipinski definition) is 6. The zero-order chi connectivity index (χ0) is 27.3. The van der Waals surface area contributed by atoms with E-state index in [1.165, 1.54) is 48.2 Å². The molecular formula is C28H28F2N4O4S. The molecule has 1 aromatic carbocycles. The van der Waals surface area contributed by atoms with Crippen molar-refractivity contribution in [1.82, 2.24) is 14.9 Å². The van der Waals surface area contributed by atoms with Crippen LogP contribution in [0.2, 0.25) is 0 Å². The van der Waals surface area contributed by atoms with Crippen molar-refractivity contribution in [3.8, 4) is 5.69 Å². The topological polar surface area (TPSA) is 101 Å². The minimum absolute atomic E-state index is 0.0210. The molecule has 7 rings (SSSR count). The van der Waals surface area contributed by atoms with Gasteiger partial charge >= 0.3 is 0 Å². The van der Waals surface area contributed by atoms with Gasteiger partial charge in [0.05, 0.1) is 16.8 Å². The highest BCUT2D eigenvalue weighted by atomic mass is 32.2. The lowest BCUT2D eigenvalue weighted by Gasteiger charge is -2.40. The van der Waals surface area contributed by atoms with Gasteiger partial charge in [0.1, 0.15) is 28.9 Å². The van der Waals surface area contributed by atoms with E-state index in [0.29, 0.717) is 17.2 Å². The van der Waals surface area contributed by atoms with E-state index in [4.69, 9.17) is 0 Å². The maximum atomic E-state index is 15.0. The van der Waals surface area contributed by atoms with Crippen LogP contribution in [0.4, 0.5) is 14.6 Å². The molecule has 2 aromatic heterocycles. The van der Waals surface area contributed by atoms with E-state index >= 15 is 4.39 Å². The highest BCUT2D eigenvalue weighted by Crippen LogP contribution is 2.72. The average molecular weight is 555 g/mol. The molecular weight excluding hydrogens is 526 g/mol. The molecule has 11 heteroatoms. The second-order valence-electron chi connectivity index (χ2n) is 12.2. The summed E-state index contributed by atoms with van der Waals surface area (Å²) in [5.41, 5.74) is -0.883. The lowest BCUT2D eigenvalue weighted by atomic mass is 9.72. The summed E-state index contributed by atoms with van der Waals surface area (Å²) in [4.78, 5) is 33.3. The van der Waals surface area contributed by atoms with Gasteiger partial charge in [-0.25, -0.2) is 22.2 Å². The molecule has 8 nitrogen and oxygen atoms in total. The highest BCUT2D eigenvalue weighted by molar-refractivity contribution is 7.91. The van der Waals surface area contributed by atoms with Crippen LogP contribution in [-0.2, 0) is 9.84 Å². The summed E-state index contributed by atoms with van der Waals surface area (Å²) in [7, 11) is -3.26. The van der Waals surface area contributed by atoms with Crippen molar-refractivity contribution >= 4 is 32.6 Å². The van der Waals surface area contributed by atoms with Crippen LogP contribution in [0, 0.1) is 28.9 Å². The van der Waals surface area contributed by atoms with Gasteiger partial charge in [0.15, 0.2) is 15.5 Å². The Morgan fingerprint density at radius 1 is 1.15 bits per heavy atom. The fourth-order valence-electron chi connectivity index (χ4n) is 7.63. The number of pyridine rings is 2. The zero-order valence-corrected chi connectivity index (χ0v) is 22.2. The van der Waals surface area contributed by atoms with Gasteiger partial charge in [0, 0.05) is 24.3 Å². The molecule has 3 heterocycles. The van der Waals surface area contributed by atoms with Crippen molar-refractivity contribution in [2.75, 3.05) is 23.1 Å². The number of halogens is 2. The van der Waals surface area contributed by atoms with E-state index in [2.05, 4.69) is 10.3 Å². The largest absolute Gasteiger partial charge is 0.347 e. The highest BCUT2D eigenvalue weighted by Gasteiger charge is 2.65. The number of hydrogen-bond donors (Lipinski definition) is 1. The van der Waals surface area contributed by atoms with Crippen LogP contribution in [0.3, 0.4) is 0 Å². The van der Waals surface area contributed by atoms with E-state index in [1.54, 1.807) is 4.90 Å². The summed E-state index contributed by atoms with van der Waals surface area (Å²) in [6.45, 7) is 2.27. The van der Waals surface area contributed by atoms with Gasteiger partial charge in [-0.1, -0.05) is 0 Å². The third-order valence-corrected chi connectivity index (χ3v) is 10.7. The molecule has 4 unspecified atom stereocenters. The molecule has 3 aliphatic carbocycles. The number of amides is 1. The fourth-order valence-corrected chi connectivity index (χ4v) is 8.99. The first kappa shape index (κ1) is 24.7. The average Bonchev–Trinajstić information content (AvgIpc) is 3.20. The number of benzene rings is 1. The van der Waals surface area contributed by atoms with Crippen molar-refractivity contribution < 1.29 is 22.0 Å². The third-order valence-electron chi connectivity index (χ3n) is 9.17. The van der Waals surface area contributed by atoms with Gasteiger partial charge in [-0.3, -0.25) is 14.2 Å². The second kappa shape index (κ2) is 8.09. The monoisotopic (exact) mass is 554 g/mol. The Bertz CT molecular complexity index is 1740. The van der Waals surface area contributed by atoms with Crippen molar-refractivity contribution in [2.24, 2.45) is 17.3 Å².